The van der Waals surface area contributed by atoms with Crippen LogP contribution >= 0.6 is 11.3 Å². The number of nitrogens with zero attached hydrogens (tertiary/aromatic N) is 2. The lowest BCUT2D eigenvalue weighted by molar-refractivity contribution is -0.120. The SMILES string of the molecule is CCC(CC)C(=O)Nc1onc(-c2nccs2)c1-c1ccccc1C(N)=O. The summed E-state index contributed by atoms with van der Waals surface area (Å²) in [4.78, 5) is 28.8. The molecule has 27 heavy (non-hydrogen) atoms. The van der Waals surface area contributed by atoms with Gasteiger partial charge in [-0.15, -0.1) is 11.3 Å². The fourth-order valence-electron chi connectivity index (χ4n) is 2.90. The van der Waals surface area contributed by atoms with Crippen LogP contribution in [0.5, 0.6) is 0 Å². The number of amides is 2. The molecule has 0 radical (unpaired) electrons. The van der Waals surface area contributed by atoms with E-state index in [1.54, 1.807) is 30.5 Å². The Bertz CT molecular complexity index is 946. The van der Waals surface area contributed by atoms with Crippen molar-refractivity contribution in [1.82, 2.24) is 10.1 Å². The van der Waals surface area contributed by atoms with E-state index in [0.717, 1.165) is 0 Å². The van der Waals surface area contributed by atoms with E-state index in [-0.39, 0.29) is 17.7 Å². The first-order valence-corrected chi connectivity index (χ1v) is 9.54. The van der Waals surface area contributed by atoms with Crippen molar-refractivity contribution in [2.45, 2.75) is 26.7 Å². The Kier molecular flexibility index (Phi) is 5.66. The van der Waals surface area contributed by atoms with Crippen molar-refractivity contribution < 1.29 is 14.1 Å². The molecule has 0 atom stereocenters. The molecule has 0 saturated heterocycles. The zero-order valence-electron chi connectivity index (χ0n) is 15.1. The molecule has 0 aliphatic carbocycles. The Labute approximate surface area is 160 Å². The van der Waals surface area contributed by atoms with Crippen LogP contribution < -0.4 is 11.1 Å². The van der Waals surface area contributed by atoms with Crippen LogP contribution in [-0.2, 0) is 4.79 Å². The van der Waals surface area contributed by atoms with Crippen LogP contribution in [-0.4, -0.2) is 22.0 Å². The molecule has 7 nitrogen and oxygen atoms in total. The van der Waals surface area contributed by atoms with Crippen LogP contribution in [0.1, 0.15) is 37.0 Å². The maximum atomic E-state index is 12.6. The number of nitrogens with one attached hydrogen (secondary N) is 1. The lowest BCUT2D eigenvalue weighted by Gasteiger charge is -2.12. The minimum atomic E-state index is -0.575. The molecule has 2 amide bonds. The monoisotopic (exact) mass is 384 g/mol. The molecule has 2 aromatic heterocycles. The van der Waals surface area contributed by atoms with Gasteiger partial charge in [0.1, 0.15) is 5.01 Å². The molecule has 140 valence electrons. The van der Waals surface area contributed by atoms with E-state index in [2.05, 4.69) is 15.5 Å². The zero-order valence-corrected chi connectivity index (χ0v) is 15.9. The standard InChI is InChI=1S/C19H20N4O3S/c1-3-11(4-2)17(25)22-18-14(12-7-5-6-8-13(12)16(20)24)15(23-26-18)19-21-9-10-27-19/h5-11H,3-4H2,1-2H3,(H2,20,24)(H,22,25). The van der Waals surface area contributed by atoms with Crippen molar-refractivity contribution in [3.63, 3.8) is 0 Å². The number of anilines is 1. The van der Waals surface area contributed by atoms with Gasteiger partial charge in [-0.2, -0.15) is 0 Å². The number of hydrogen-bond acceptors (Lipinski definition) is 6. The van der Waals surface area contributed by atoms with Crippen LogP contribution in [0.4, 0.5) is 5.88 Å². The molecule has 2 heterocycles. The molecular formula is C19H20N4O3S. The second-order valence-electron chi connectivity index (χ2n) is 5.99. The minimum absolute atomic E-state index is 0.141. The summed E-state index contributed by atoms with van der Waals surface area (Å²) in [6.45, 7) is 3.91. The van der Waals surface area contributed by atoms with Gasteiger partial charge in [-0.05, 0) is 18.9 Å². The normalized spacial score (nSPS) is 10.9. The van der Waals surface area contributed by atoms with E-state index in [0.29, 0.717) is 40.2 Å². The van der Waals surface area contributed by atoms with Crippen LogP contribution in [0.15, 0.2) is 40.4 Å². The average molecular weight is 384 g/mol. The quantitative estimate of drug-likeness (QED) is 0.641. The molecule has 8 heteroatoms. The summed E-state index contributed by atoms with van der Waals surface area (Å²) >= 11 is 1.38. The minimum Gasteiger partial charge on any atom is -0.366 e. The lowest BCUT2D eigenvalue weighted by Crippen LogP contribution is -2.21. The number of nitrogens with two attached hydrogens (primary N) is 1. The number of primary amides is 1. The van der Waals surface area contributed by atoms with E-state index in [9.17, 15) is 9.59 Å². The van der Waals surface area contributed by atoms with Gasteiger partial charge in [0.05, 0.1) is 5.56 Å². The third-order valence-corrected chi connectivity index (χ3v) is 5.16. The van der Waals surface area contributed by atoms with E-state index in [1.165, 1.54) is 11.3 Å². The first-order valence-electron chi connectivity index (χ1n) is 8.66. The van der Waals surface area contributed by atoms with E-state index in [4.69, 9.17) is 10.3 Å². The van der Waals surface area contributed by atoms with Crippen molar-refractivity contribution in [2.24, 2.45) is 11.7 Å². The third-order valence-electron chi connectivity index (χ3n) is 4.38. The Morgan fingerprint density at radius 3 is 2.63 bits per heavy atom. The molecular weight excluding hydrogens is 364 g/mol. The number of rotatable bonds is 7. The molecule has 0 aliphatic heterocycles. The fraction of sp³-hybridized carbons (Fsp3) is 0.263. The molecule has 0 unspecified atom stereocenters. The number of aromatic nitrogens is 2. The highest BCUT2D eigenvalue weighted by Gasteiger charge is 2.26. The van der Waals surface area contributed by atoms with Gasteiger partial charge in [0.2, 0.25) is 17.7 Å². The molecule has 0 saturated carbocycles. The molecule has 3 rings (SSSR count). The van der Waals surface area contributed by atoms with Crippen LogP contribution in [0, 0.1) is 5.92 Å². The second kappa shape index (κ2) is 8.13. The predicted octanol–water partition coefficient (Wildman–Crippen LogP) is 3.94. The Morgan fingerprint density at radius 2 is 2.00 bits per heavy atom. The van der Waals surface area contributed by atoms with Crippen molar-refractivity contribution >= 4 is 29.0 Å². The van der Waals surface area contributed by atoms with Crippen LogP contribution in [0.2, 0.25) is 0 Å². The first-order chi connectivity index (χ1) is 13.1. The molecule has 0 aliphatic rings. The third kappa shape index (κ3) is 3.75. The molecule has 3 aromatic rings. The number of hydrogen-bond donors (Lipinski definition) is 2. The largest absolute Gasteiger partial charge is 0.366 e. The summed E-state index contributed by atoms with van der Waals surface area (Å²) in [6.07, 6.45) is 3.08. The summed E-state index contributed by atoms with van der Waals surface area (Å²) in [5, 5.41) is 9.36. The van der Waals surface area contributed by atoms with Crippen LogP contribution in [0.25, 0.3) is 21.8 Å². The Hall–Kier alpha value is -3.00. The van der Waals surface area contributed by atoms with Gasteiger partial charge in [-0.3, -0.25) is 14.9 Å². The fourth-order valence-corrected chi connectivity index (χ4v) is 3.52. The molecule has 0 fully saturated rings. The van der Waals surface area contributed by atoms with Gasteiger partial charge in [0.15, 0.2) is 5.69 Å². The molecule has 1 aromatic carbocycles. The maximum absolute atomic E-state index is 12.6. The highest BCUT2D eigenvalue weighted by molar-refractivity contribution is 7.13. The van der Waals surface area contributed by atoms with Gasteiger partial charge in [0, 0.05) is 28.6 Å². The second-order valence-corrected chi connectivity index (χ2v) is 6.88. The number of carbonyl (C=O) groups is 2. The Balaban J connectivity index is 2.14. The summed E-state index contributed by atoms with van der Waals surface area (Å²) < 4.78 is 5.45. The first kappa shape index (κ1) is 18.8. The molecule has 3 N–H and O–H groups in total. The van der Waals surface area contributed by atoms with Crippen LogP contribution in [0.3, 0.4) is 0 Å². The zero-order chi connectivity index (χ0) is 19.4. The predicted molar refractivity (Wildman–Crippen MR) is 104 cm³/mol. The topological polar surface area (TPSA) is 111 Å². The van der Waals surface area contributed by atoms with Gasteiger partial charge >= 0.3 is 0 Å². The maximum Gasteiger partial charge on any atom is 0.249 e. The van der Waals surface area contributed by atoms with E-state index >= 15 is 0 Å². The molecule has 0 bridgehead atoms. The highest BCUT2D eigenvalue weighted by Crippen LogP contribution is 2.40. The summed E-state index contributed by atoms with van der Waals surface area (Å²) in [7, 11) is 0. The van der Waals surface area contributed by atoms with Crippen molar-refractivity contribution in [2.75, 3.05) is 5.32 Å². The van der Waals surface area contributed by atoms with Crippen molar-refractivity contribution in [3.05, 3.63) is 41.4 Å². The number of carbonyl (C=O) groups excluding carboxylic acids is 2. The van der Waals surface area contributed by atoms with Crippen molar-refractivity contribution in [1.29, 1.82) is 0 Å². The summed E-state index contributed by atoms with van der Waals surface area (Å²) in [6, 6.07) is 6.88. The molecule has 0 spiro atoms. The van der Waals surface area contributed by atoms with Crippen molar-refractivity contribution in [3.8, 4) is 21.8 Å². The number of benzene rings is 1. The average Bonchev–Trinajstić information content (AvgIpc) is 3.32. The number of thiazole rings is 1. The smallest absolute Gasteiger partial charge is 0.249 e. The summed E-state index contributed by atoms with van der Waals surface area (Å²) in [5.41, 5.74) is 7.35. The van der Waals surface area contributed by atoms with Gasteiger partial charge in [0.25, 0.3) is 0 Å². The van der Waals surface area contributed by atoms with E-state index in [1.807, 2.05) is 19.2 Å². The Morgan fingerprint density at radius 1 is 1.26 bits per heavy atom. The van der Waals surface area contributed by atoms with E-state index < -0.39 is 5.91 Å². The van der Waals surface area contributed by atoms with Gasteiger partial charge in [-0.25, -0.2) is 4.98 Å². The lowest BCUT2D eigenvalue weighted by atomic mass is 9.98. The highest BCUT2D eigenvalue weighted by atomic mass is 32.1. The van der Waals surface area contributed by atoms with Gasteiger partial charge in [-0.1, -0.05) is 37.2 Å². The summed E-state index contributed by atoms with van der Waals surface area (Å²) in [5.74, 6) is -0.683. The van der Waals surface area contributed by atoms with Gasteiger partial charge < -0.3 is 10.3 Å².